The molecule has 1 fully saturated rings. The fourth-order valence-corrected chi connectivity index (χ4v) is 5.60. The molecule has 5 atom stereocenters. The number of unbranched alkanes of at least 4 members (excludes halogenated alkanes) is 15. The minimum atomic E-state index is -1.00. The van der Waals surface area contributed by atoms with Gasteiger partial charge in [0.25, 0.3) is 0 Å². The maximum Gasteiger partial charge on any atom is 0.303 e. The largest absolute Gasteiger partial charge is 0.471 e. The summed E-state index contributed by atoms with van der Waals surface area (Å²) < 4.78 is 23.5. The number of aliphatic hydroxyl groups is 1. The van der Waals surface area contributed by atoms with Crippen molar-refractivity contribution in [2.75, 3.05) is 13.2 Å². The van der Waals surface area contributed by atoms with E-state index in [1.165, 1.54) is 83.8 Å². The second-order valence-corrected chi connectivity index (χ2v) is 12.1. The van der Waals surface area contributed by atoms with Crippen LogP contribution >= 0.6 is 0 Å². The van der Waals surface area contributed by atoms with Crippen LogP contribution in [0.5, 0.6) is 0 Å². The lowest BCUT2D eigenvalue weighted by molar-refractivity contribution is -0.268. The fraction of sp³-hybridized carbons (Fsp3) is 0.857. The molecule has 9 heteroatoms. The quantitative estimate of drug-likeness (QED) is 0.0430. The average molecular weight is 626 g/mol. The number of ketones is 1. The highest BCUT2D eigenvalue weighted by atomic mass is 16.7. The Hall–Kier alpha value is -1.97. The van der Waals surface area contributed by atoms with E-state index in [9.17, 15) is 19.5 Å². The Morgan fingerprint density at radius 1 is 0.795 bits per heavy atom. The number of amides is 1. The van der Waals surface area contributed by atoms with Gasteiger partial charge in [-0.3, -0.25) is 14.4 Å². The summed E-state index contributed by atoms with van der Waals surface area (Å²) in [7, 11) is 0. The Bertz CT molecular complexity index is 789. The summed E-state index contributed by atoms with van der Waals surface area (Å²) in [4.78, 5) is 37.7. The Labute approximate surface area is 267 Å². The minimum absolute atomic E-state index is 0.116. The van der Waals surface area contributed by atoms with Gasteiger partial charge in [0, 0.05) is 20.0 Å². The number of allylic oxidation sites excluding steroid dienone is 1. The van der Waals surface area contributed by atoms with Crippen LogP contribution in [-0.4, -0.2) is 66.6 Å². The third-order valence-corrected chi connectivity index (χ3v) is 8.03. The van der Waals surface area contributed by atoms with E-state index in [0.29, 0.717) is 13.0 Å². The van der Waals surface area contributed by atoms with Crippen LogP contribution in [-0.2, 0) is 33.3 Å². The predicted molar refractivity (Wildman–Crippen MR) is 173 cm³/mol. The predicted octanol–water partition coefficient (Wildman–Crippen LogP) is 7.08. The molecule has 0 unspecified atom stereocenters. The summed E-state index contributed by atoms with van der Waals surface area (Å²) in [6.45, 7) is 7.44. The highest BCUT2D eigenvalue weighted by molar-refractivity contribution is 5.98. The molecule has 1 rings (SSSR count). The molecular formula is C35H63NO8. The second kappa shape index (κ2) is 26.3. The van der Waals surface area contributed by atoms with E-state index in [2.05, 4.69) is 19.2 Å². The maximum atomic E-state index is 13.1. The topological polar surface area (TPSA) is 120 Å². The van der Waals surface area contributed by atoms with Crippen molar-refractivity contribution in [3.8, 4) is 0 Å². The number of carbonyl (C=O) groups excluding carboxylic acids is 3. The molecule has 2 N–H and O–H groups in total. The summed E-state index contributed by atoms with van der Waals surface area (Å²) in [6, 6.07) is -0.861. The molecule has 0 bridgehead atoms. The van der Waals surface area contributed by atoms with Crippen molar-refractivity contribution in [3.05, 3.63) is 12.3 Å². The highest BCUT2D eigenvalue weighted by Crippen LogP contribution is 2.28. The van der Waals surface area contributed by atoms with Gasteiger partial charge in [-0.25, -0.2) is 0 Å². The summed E-state index contributed by atoms with van der Waals surface area (Å²) in [5.41, 5.74) is 0. The Kier molecular flexibility index (Phi) is 23.9. The van der Waals surface area contributed by atoms with Crippen LogP contribution in [0.15, 0.2) is 12.3 Å². The lowest BCUT2D eigenvalue weighted by Crippen LogP contribution is -2.66. The first-order valence-electron chi connectivity index (χ1n) is 17.5. The molecule has 0 aliphatic carbocycles. The van der Waals surface area contributed by atoms with Gasteiger partial charge < -0.3 is 29.4 Å². The number of esters is 1. The molecule has 256 valence electrons. The van der Waals surface area contributed by atoms with Crippen LogP contribution in [0.4, 0.5) is 0 Å². The number of rotatable bonds is 27. The molecule has 9 nitrogen and oxygen atoms in total. The van der Waals surface area contributed by atoms with Crippen molar-refractivity contribution < 1.29 is 38.4 Å². The van der Waals surface area contributed by atoms with E-state index in [-0.39, 0.29) is 12.2 Å². The maximum absolute atomic E-state index is 13.1. The summed E-state index contributed by atoms with van der Waals surface area (Å²) in [5.74, 6) is -1.13. The van der Waals surface area contributed by atoms with E-state index in [1.807, 2.05) is 0 Å². The average Bonchev–Trinajstić information content (AvgIpc) is 2.99. The van der Waals surface area contributed by atoms with Crippen molar-refractivity contribution in [2.45, 2.75) is 180 Å². The smallest absolute Gasteiger partial charge is 0.303 e. The van der Waals surface area contributed by atoms with Crippen LogP contribution in [0.3, 0.4) is 0 Å². The molecule has 0 saturated carbocycles. The molecule has 0 spiro atoms. The Balaban J connectivity index is 2.76. The van der Waals surface area contributed by atoms with E-state index in [1.54, 1.807) is 13.0 Å². The molecule has 0 aromatic heterocycles. The SMILES string of the molecule is CC=CO[C@H]1O[C@H](CO)[C@@H](OC(C)=O)[C@H](OCCCCCCCCCC)[C@H]1NC(=O)CC(=O)CCCCCCCCCCC. The van der Waals surface area contributed by atoms with E-state index in [4.69, 9.17) is 18.9 Å². The van der Waals surface area contributed by atoms with Gasteiger partial charge in [-0.05, 0) is 19.8 Å². The molecule has 0 radical (unpaired) electrons. The van der Waals surface area contributed by atoms with Gasteiger partial charge in [-0.15, -0.1) is 0 Å². The number of hydrogen-bond acceptors (Lipinski definition) is 8. The molecule has 44 heavy (non-hydrogen) atoms. The van der Waals surface area contributed by atoms with Crippen molar-refractivity contribution in [3.63, 3.8) is 0 Å². The zero-order chi connectivity index (χ0) is 32.4. The molecule has 1 aliphatic rings. The number of Topliss-reactive ketones (excluding diaryl/α,β-unsaturated/α-hetero) is 1. The van der Waals surface area contributed by atoms with Gasteiger partial charge in [0.05, 0.1) is 19.3 Å². The van der Waals surface area contributed by atoms with Crippen molar-refractivity contribution in [1.29, 1.82) is 0 Å². The Morgan fingerprint density at radius 3 is 1.86 bits per heavy atom. The van der Waals surface area contributed by atoms with Crippen LogP contribution in [0.25, 0.3) is 0 Å². The van der Waals surface area contributed by atoms with Crippen LogP contribution in [0.1, 0.15) is 150 Å². The fourth-order valence-electron chi connectivity index (χ4n) is 5.60. The third kappa shape index (κ3) is 18.1. The first-order chi connectivity index (χ1) is 21.4. The van der Waals surface area contributed by atoms with Gasteiger partial charge in [-0.1, -0.05) is 116 Å². The van der Waals surface area contributed by atoms with Crippen LogP contribution in [0, 0.1) is 0 Å². The first-order valence-corrected chi connectivity index (χ1v) is 17.5. The lowest BCUT2D eigenvalue weighted by Gasteiger charge is -2.45. The van der Waals surface area contributed by atoms with Crippen LogP contribution < -0.4 is 5.32 Å². The molecule has 1 saturated heterocycles. The molecule has 1 heterocycles. The summed E-state index contributed by atoms with van der Waals surface area (Å²) in [6.07, 6.45) is 19.0. The number of ether oxygens (including phenoxy) is 4. The Morgan fingerprint density at radius 2 is 1.34 bits per heavy atom. The number of carbonyl (C=O) groups is 3. The lowest BCUT2D eigenvalue weighted by atomic mass is 9.95. The standard InChI is InChI=1S/C35H63NO8/c1-5-8-10-12-14-16-17-19-21-23-29(39)26-31(40)36-32-34(41-25-22-20-18-15-13-11-9-6-2)33(43-28(4)38)30(27-37)44-35(32)42-24-7-3/h7,24,30,32-35,37H,5-6,8-23,25-27H2,1-4H3,(H,36,40)/t30-,32-,33-,34-,35+/m1/s1. The van der Waals surface area contributed by atoms with Gasteiger partial charge >= 0.3 is 5.97 Å². The summed E-state index contributed by atoms with van der Waals surface area (Å²) in [5, 5.41) is 12.9. The number of hydrogen-bond donors (Lipinski definition) is 2. The second-order valence-electron chi connectivity index (χ2n) is 12.1. The van der Waals surface area contributed by atoms with Gasteiger partial charge in [0.2, 0.25) is 12.2 Å². The van der Waals surface area contributed by atoms with Crippen LogP contribution in [0.2, 0.25) is 0 Å². The molecule has 1 amide bonds. The molecular weight excluding hydrogens is 562 g/mol. The summed E-state index contributed by atoms with van der Waals surface area (Å²) >= 11 is 0. The molecule has 1 aliphatic heterocycles. The molecule has 0 aromatic rings. The molecule has 0 aromatic carbocycles. The van der Waals surface area contributed by atoms with E-state index < -0.39 is 49.1 Å². The zero-order valence-electron chi connectivity index (χ0n) is 28.2. The number of aliphatic hydroxyl groups excluding tert-OH is 1. The van der Waals surface area contributed by atoms with Gasteiger partial charge in [-0.2, -0.15) is 0 Å². The first kappa shape index (κ1) is 40.1. The zero-order valence-corrected chi connectivity index (χ0v) is 28.2. The third-order valence-electron chi connectivity index (χ3n) is 8.03. The highest BCUT2D eigenvalue weighted by Gasteiger charge is 2.50. The van der Waals surface area contributed by atoms with Gasteiger partial charge in [0.1, 0.15) is 24.0 Å². The van der Waals surface area contributed by atoms with Gasteiger partial charge in [0.15, 0.2) is 6.10 Å². The van der Waals surface area contributed by atoms with Crippen molar-refractivity contribution in [1.82, 2.24) is 5.32 Å². The number of nitrogens with one attached hydrogen (secondary N) is 1. The van der Waals surface area contributed by atoms with E-state index in [0.717, 1.165) is 38.5 Å². The normalized spacial score (nSPS) is 21.8. The minimum Gasteiger partial charge on any atom is -0.471 e. The van der Waals surface area contributed by atoms with E-state index >= 15 is 0 Å². The van der Waals surface area contributed by atoms with Crippen molar-refractivity contribution >= 4 is 17.7 Å². The van der Waals surface area contributed by atoms with Crippen molar-refractivity contribution in [2.24, 2.45) is 0 Å². The monoisotopic (exact) mass is 625 g/mol.